The van der Waals surface area contributed by atoms with Gasteiger partial charge in [-0.1, -0.05) is 0 Å². The van der Waals surface area contributed by atoms with Crippen LogP contribution in [-0.2, 0) is 16.0 Å². The van der Waals surface area contributed by atoms with Gasteiger partial charge in [-0.25, -0.2) is 0 Å². The summed E-state index contributed by atoms with van der Waals surface area (Å²) in [6.07, 6.45) is 0.503. The Kier molecular flexibility index (Phi) is 6.94. The fourth-order valence-electron chi connectivity index (χ4n) is 3.68. The average molecular weight is 435 g/mol. The molecule has 166 valence electrons. The van der Waals surface area contributed by atoms with Gasteiger partial charge in [0.2, 0.25) is 0 Å². The molecule has 1 aliphatic heterocycles. The van der Waals surface area contributed by atoms with Crippen molar-refractivity contribution in [3.8, 4) is 17.2 Å². The summed E-state index contributed by atoms with van der Waals surface area (Å²) in [5.41, 5.74) is 2.00. The maximum absolute atomic E-state index is 13.2. The van der Waals surface area contributed by atoms with Crippen LogP contribution in [0.4, 0.5) is 8.78 Å². The van der Waals surface area contributed by atoms with Crippen LogP contribution in [0.5, 0.6) is 17.2 Å². The topological polar surface area (TPSA) is 74.3 Å². The van der Waals surface area contributed by atoms with Crippen molar-refractivity contribution < 1.29 is 37.3 Å². The van der Waals surface area contributed by atoms with Crippen LogP contribution in [0.3, 0.4) is 0 Å². The van der Waals surface area contributed by atoms with Crippen LogP contribution in [0.15, 0.2) is 36.4 Å². The molecule has 0 aliphatic carbocycles. The van der Waals surface area contributed by atoms with Crippen LogP contribution in [0.25, 0.3) is 0 Å². The molecule has 0 saturated heterocycles. The van der Waals surface area contributed by atoms with Crippen LogP contribution in [-0.4, -0.2) is 51.3 Å². The largest absolute Gasteiger partial charge is 0.493 e. The van der Waals surface area contributed by atoms with E-state index in [0.717, 1.165) is 11.1 Å². The van der Waals surface area contributed by atoms with Crippen molar-refractivity contribution in [3.05, 3.63) is 53.1 Å². The lowest BCUT2D eigenvalue weighted by Gasteiger charge is -2.37. The molecule has 0 spiro atoms. The molecule has 3 rings (SSSR count). The predicted molar refractivity (Wildman–Crippen MR) is 107 cm³/mol. The fourth-order valence-corrected chi connectivity index (χ4v) is 3.68. The molecule has 31 heavy (non-hydrogen) atoms. The second-order valence-corrected chi connectivity index (χ2v) is 6.85. The average Bonchev–Trinajstić information content (AvgIpc) is 2.77. The summed E-state index contributed by atoms with van der Waals surface area (Å²) in [6.45, 7) is -2.59. The summed E-state index contributed by atoms with van der Waals surface area (Å²) >= 11 is 0. The first-order valence-electron chi connectivity index (χ1n) is 9.55. The van der Waals surface area contributed by atoms with E-state index in [2.05, 4.69) is 4.74 Å². The lowest BCUT2D eigenvalue weighted by Crippen LogP contribution is -2.41. The number of rotatable bonds is 7. The maximum atomic E-state index is 13.2. The van der Waals surface area contributed by atoms with Crippen molar-refractivity contribution in [2.24, 2.45) is 0 Å². The van der Waals surface area contributed by atoms with Crippen molar-refractivity contribution in [2.45, 2.75) is 25.5 Å². The summed E-state index contributed by atoms with van der Waals surface area (Å²) in [5, 5.41) is 0. The summed E-state index contributed by atoms with van der Waals surface area (Å²) in [4.78, 5) is 26.9. The number of esters is 1. The first-order valence-corrected chi connectivity index (χ1v) is 9.55. The lowest BCUT2D eigenvalue weighted by atomic mass is 9.89. The van der Waals surface area contributed by atoms with Gasteiger partial charge in [-0.3, -0.25) is 9.59 Å². The normalized spacial score (nSPS) is 15.3. The van der Waals surface area contributed by atoms with Gasteiger partial charge in [0, 0.05) is 12.1 Å². The van der Waals surface area contributed by atoms with E-state index >= 15 is 0 Å². The van der Waals surface area contributed by atoms with Crippen molar-refractivity contribution >= 4 is 11.9 Å². The number of methoxy groups -OCH3 is 3. The van der Waals surface area contributed by atoms with Gasteiger partial charge < -0.3 is 23.8 Å². The molecule has 1 unspecified atom stereocenters. The smallest absolute Gasteiger partial charge is 0.387 e. The quantitative estimate of drug-likeness (QED) is 0.619. The van der Waals surface area contributed by atoms with Gasteiger partial charge >= 0.3 is 12.6 Å². The highest BCUT2D eigenvalue weighted by Crippen LogP contribution is 2.40. The molecule has 7 nitrogen and oxygen atoms in total. The highest BCUT2D eigenvalue weighted by atomic mass is 19.3. The number of hydrogen-bond acceptors (Lipinski definition) is 6. The number of benzene rings is 2. The van der Waals surface area contributed by atoms with E-state index in [9.17, 15) is 18.4 Å². The third kappa shape index (κ3) is 4.87. The molecular formula is C22H23F2NO6. The minimum Gasteiger partial charge on any atom is -0.493 e. The van der Waals surface area contributed by atoms with Gasteiger partial charge in [-0.05, 0) is 53.9 Å². The van der Waals surface area contributed by atoms with Crippen molar-refractivity contribution in [2.75, 3.05) is 27.9 Å². The second kappa shape index (κ2) is 9.63. The molecule has 0 N–H and O–H groups in total. The molecule has 0 fully saturated rings. The molecule has 0 radical (unpaired) electrons. The number of nitrogens with zero attached hydrogens (tertiary/aromatic N) is 1. The number of hydrogen-bond donors (Lipinski definition) is 0. The molecule has 2 aromatic carbocycles. The molecule has 1 amide bonds. The molecule has 1 heterocycles. The van der Waals surface area contributed by atoms with Gasteiger partial charge in [0.25, 0.3) is 5.91 Å². The predicted octanol–water partition coefficient (Wildman–Crippen LogP) is 3.61. The number of fused-ring (bicyclic) bond motifs is 1. The van der Waals surface area contributed by atoms with E-state index in [1.165, 1.54) is 45.6 Å². The molecule has 9 heteroatoms. The van der Waals surface area contributed by atoms with Crippen LogP contribution >= 0.6 is 0 Å². The van der Waals surface area contributed by atoms with Gasteiger partial charge in [0.15, 0.2) is 11.5 Å². The van der Waals surface area contributed by atoms with Crippen LogP contribution < -0.4 is 14.2 Å². The molecule has 0 saturated carbocycles. The number of amides is 1. The Labute approximate surface area is 178 Å². The van der Waals surface area contributed by atoms with Crippen LogP contribution in [0.2, 0.25) is 0 Å². The van der Waals surface area contributed by atoms with Crippen LogP contribution in [0.1, 0.15) is 33.9 Å². The zero-order valence-corrected chi connectivity index (χ0v) is 17.4. The summed E-state index contributed by atoms with van der Waals surface area (Å²) < 4.78 is 44.7. The van der Waals surface area contributed by atoms with Crippen molar-refractivity contribution in [1.82, 2.24) is 4.90 Å². The van der Waals surface area contributed by atoms with Gasteiger partial charge in [0.1, 0.15) is 5.75 Å². The Morgan fingerprint density at radius 1 is 1.06 bits per heavy atom. The zero-order valence-electron chi connectivity index (χ0n) is 17.4. The molecule has 0 aromatic heterocycles. The lowest BCUT2D eigenvalue weighted by molar-refractivity contribution is -0.141. The van der Waals surface area contributed by atoms with E-state index < -0.39 is 18.6 Å². The Morgan fingerprint density at radius 3 is 2.29 bits per heavy atom. The Balaban J connectivity index is 1.95. The zero-order chi connectivity index (χ0) is 22.5. The summed E-state index contributed by atoms with van der Waals surface area (Å²) in [6, 6.07) is 8.47. The molecule has 0 bridgehead atoms. The molecule has 1 aliphatic rings. The summed E-state index contributed by atoms with van der Waals surface area (Å²) in [7, 11) is 4.33. The highest BCUT2D eigenvalue weighted by molar-refractivity contribution is 5.95. The van der Waals surface area contributed by atoms with E-state index in [0.29, 0.717) is 30.0 Å². The number of carbonyl (C=O) groups is 2. The van der Waals surface area contributed by atoms with Crippen molar-refractivity contribution in [3.63, 3.8) is 0 Å². The number of alkyl halides is 2. The van der Waals surface area contributed by atoms with Gasteiger partial charge in [0.05, 0.1) is 33.8 Å². The molecular weight excluding hydrogens is 412 g/mol. The van der Waals surface area contributed by atoms with E-state index in [1.807, 2.05) is 6.07 Å². The minimum atomic E-state index is -2.95. The second-order valence-electron chi connectivity index (χ2n) is 6.85. The van der Waals surface area contributed by atoms with E-state index in [4.69, 9.17) is 14.2 Å². The first kappa shape index (κ1) is 22.3. The summed E-state index contributed by atoms with van der Waals surface area (Å²) in [5.74, 6) is 0.203. The van der Waals surface area contributed by atoms with E-state index in [1.54, 1.807) is 11.0 Å². The third-order valence-corrected chi connectivity index (χ3v) is 5.18. The standard InChI is InChI=1S/C22H23F2NO6/c1-28-18-10-14-8-9-25(17(12-20(26)30-3)16(14)11-19(18)29-2)21(27)13-4-6-15(7-5-13)31-22(23)24/h4-7,10-11,17,22H,8-9,12H2,1-3H3. The Hall–Kier alpha value is -3.36. The van der Waals surface area contributed by atoms with Crippen LogP contribution in [0, 0.1) is 0 Å². The van der Waals surface area contributed by atoms with Crippen molar-refractivity contribution in [1.29, 1.82) is 0 Å². The molecule has 2 aromatic rings. The van der Waals surface area contributed by atoms with Gasteiger partial charge in [-0.2, -0.15) is 8.78 Å². The number of ether oxygens (including phenoxy) is 4. The highest BCUT2D eigenvalue weighted by Gasteiger charge is 2.34. The third-order valence-electron chi connectivity index (χ3n) is 5.18. The monoisotopic (exact) mass is 435 g/mol. The minimum absolute atomic E-state index is 0.0431. The maximum Gasteiger partial charge on any atom is 0.387 e. The Morgan fingerprint density at radius 2 is 1.71 bits per heavy atom. The number of halogens is 2. The fraction of sp³-hybridized carbons (Fsp3) is 0.364. The van der Waals surface area contributed by atoms with Gasteiger partial charge in [-0.15, -0.1) is 0 Å². The first-order chi connectivity index (χ1) is 14.9. The SMILES string of the molecule is COC(=O)CC1c2cc(OC)c(OC)cc2CCN1C(=O)c1ccc(OC(F)F)cc1. The Bertz CT molecular complexity index is 948. The number of carbonyl (C=O) groups excluding carboxylic acids is 2. The van der Waals surface area contributed by atoms with E-state index in [-0.39, 0.29) is 18.1 Å². The molecule has 1 atom stereocenters.